The standard InChI is InChI=1S/C24H26N4O/c1-15-12-16(2)22(17(3)13-15)27-24-26-21-7-5-6-20(23(21)28-24)25-14-18-8-10-19(29-4)11-9-18/h5-13,25H,14H2,1-4H3,(H2,26,27,28). The van der Waals surface area contributed by atoms with E-state index in [1.807, 2.05) is 24.3 Å². The third-order valence-electron chi connectivity index (χ3n) is 5.08. The summed E-state index contributed by atoms with van der Waals surface area (Å²) in [7, 11) is 1.68. The zero-order valence-corrected chi connectivity index (χ0v) is 17.3. The minimum Gasteiger partial charge on any atom is -0.497 e. The first-order chi connectivity index (χ1) is 14.0. The van der Waals surface area contributed by atoms with Crippen molar-refractivity contribution in [3.05, 3.63) is 76.9 Å². The van der Waals surface area contributed by atoms with Crippen LogP contribution in [0.15, 0.2) is 54.6 Å². The summed E-state index contributed by atoms with van der Waals surface area (Å²) in [4.78, 5) is 8.19. The predicted octanol–water partition coefficient (Wildman–Crippen LogP) is 5.85. The van der Waals surface area contributed by atoms with Crippen LogP contribution in [0.5, 0.6) is 5.75 Å². The largest absolute Gasteiger partial charge is 0.497 e. The zero-order valence-electron chi connectivity index (χ0n) is 17.3. The van der Waals surface area contributed by atoms with Crippen molar-refractivity contribution in [3.63, 3.8) is 0 Å². The third kappa shape index (κ3) is 4.04. The summed E-state index contributed by atoms with van der Waals surface area (Å²) in [5.41, 5.74) is 8.88. The number of aromatic amines is 1. The van der Waals surface area contributed by atoms with Gasteiger partial charge in [0.15, 0.2) is 0 Å². The molecule has 5 nitrogen and oxygen atoms in total. The maximum absolute atomic E-state index is 5.22. The highest BCUT2D eigenvalue weighted by Crippen LogP contribution is 2.28. The van der Waals surface area contributed by atoms with Gasteiger partial charge in [-0.1, -0.05) is 35.9 Å². The number of H-pyrrole nitrogens is 1. The molecule has 0 saturated carbocycles. The zero-order chi connectivity index (χ0) is 20.4. The van der Waals surface area contributed by atoms with Crippen molar-refractivity contribution in [2.24, 2.45) is 0 Å². The maximum Gasteiger partial charge on any atom is 0.205 e. The Bertz CT molecular complexity index is 1120. The Kier molecular flexibility index (Phi) is 5.12. The van der Waals surface area contributed by atoms with Crippen LogP contribution in [-0.4, -0.2) is 17.1 Å². The first-order valence-electron chi connectivity index (χ1n) is 9.74. The molecule has 0 radical (unpaired) electrons. The van der Waals surface area contributed by atoms with Crippen LogP contribution in [0.25, 0.3) is 11.0 Å². The molecule has 0 bridgehead atoms. The minimum absolute atomic E-state index is 0.717. The summed E-state index contributed by atoms with van der Waals surface area (Å²) in [6, 6.07) is 18.6. The van der Waals surface area contributed by atoms with Crippen molar-refractivity contribution in [1.29, 1.82) is 0 Å². The lowest BCUT2D eigenvalue weighted by Gasteiger charge is -2.11. The number of aryl methyl sites for hydroxylation is 3. The molecule has 1 heterocycles. The van der Waals surface area contributed by atoms with Crippen LogP contribution in [0.2, 0.25) is 0 Å². The number of imidazole rings is 1. The minimum atomic E-state index is 0.717. The fourth-order valence-electron chi connectivity index (χ4n) is 3.67. The van der Waals surface area contributed by atoms with Gasteiger partial charge in [0.05, 0.1) is 18.3 Å². The first-order valence-corrected chi connectivity index (χ1v) is 9.74. The molecule has 0 aliphatic heterocycles. The van der Waals surface area contributed by atoms with Crippen LogP contribution in [0.3, 0.4) is 0 Å². The summed E-state index contributed by atoms with van der Waals surface area (Å²) in [6.45, 7) is 7.07. The van der Waals surface area contributed by atoms with E-state index in [0.29, 0.717) is 0 Å². The van der Waals surface area contributed by atoms with Crippen molar-refractivity contribution in [2.75, 3.05) is 17.7 Å². The summed E-state index contributed by atoms with van der Waals surface area (Å²) in [5.74, 6) is 1.61. The molecule has 0 fully saturated rings. The lowest BCUT2D eigenvalue weighted by Crippen LogP contribution is -2.00. The summed E-state index contributed by atoms with van der Waals surface area (Å²) < 4.78 is 5.22. The molecule has 0 aliphatic carbocycles. The lowest BCUT2D eigenvalue weighted by molar-refractivity contribution is 0.414. The molecule has 148 valence electrons. The maximum atomic E-state index is 5.22. The molecule has 0 aliphatic rings. The average Bonchev–Trinajstić information content (AvgIpc) is 3.13. The number of rotatable bonds is 6. The van der Waals surface area contributed by atoms with E-state index < -0.39 is 0 Å². The molecule has 0 atom stereocenters. The third-order valence-corrected chi connectivity index (χ3v) is 5.08. The van der Waals surface area contributed by atoms with Crippen molar-refractivity contribution in [3.8, 4) is 5.75 Å². The number of aromatic nitrogens is 2. The molecule has 4 aromatic rings. The van der Waals surface area contributed by atoms with E-state index in [2.05, 4.69) is 66.7 Å². The van der Waals surface area contributed by atoms with Gasteiger partial charge in [-0.2, -0.15) is 0 Å². The average molecular weight is 386 g/mol. The number of fused-ring (bicyclic) bond motifs is 1. The van der Waals surface area contributed by atoms with E-state index in [1.54, 1.807) is 7.11 Å². The van der Waals surface area contributed by atoms with Gasteiger partial charge in [0, 0.05) is 12.2 Å². The topological polar surface area (TPSA) is 62.0 Å². The van der Waals surface area contributed by atoms with E-state index in [1.165, 1.54) is 22.3 Å². The lowest BCUT2D eigenvalue weighted by atomic mass is 10.1. The van der Waals surface area contributed by atoms with Gasteiger partial charge < -0.3 is 20.4 Å². The van der Waals surface area contributed by atoms with Crippen LogP contribution in [-0.2, 0) is 6.54 Å². The normalized spacial score (nSPS) is 10.9. The Labute approximate surface area is 171 Å². The highest BCUT2D eigenvalue weighted by atomic mass is 16.5. The van der Waals surface area contributed by atoms with E-state index in [4.69, 9.17) is 9.72 Å². The van der Waals surface area contributed by atoms with Gasteiger partial charge in [-0.15, -0.1) is 0 Å². The number of hydrogen-bond donors (Lipinski definition) is 3. The number of methoxy groups -OCH3 is 1. The fourth-order valence-corrected chi connectivity index (χ4v) is 3.67. The van der Waals surface area contributed by atoms with E-state index in [0.717, 1.165) is 40.7 Å². The number of ether oxygens (including phenoxy) is 1. The number of hydrogen-bond acceptors (Lipinski definition) is 4. The summed E-state index contributed by atoms with van der Waals surface area (Å²) >= 11 is 0. The van der Waals surface area contributed by atoms with Gasteiger partial charge in [0.25, 0.3) is 0 Å². The van der Waals surface area contributed by atoms with Crippen molar-refractivity contribution in [1.82, 2.24) is 9.97 Å². The van der Waals surface area contributed by atoms with Crippen LogP contribution in [0, 0.1) is 20.8 Å². The Balaban J connectivity index is 1.57. The quantitative estimate of drug-likeness (QED) is 0.389. The molecular weight excluding hydrogens is 360 g/mol. The number of nitrogens with zero attached hydrogens (tertiary/aromatic N) is 1. The fraction of sp³-hybridized carbons (Fsp3) is 0.208. The Morgan fingerprint density at radius 3 is 2.38 bits per heavy atom. The molecule has 1 aromatic heterocycles. The van der Waals surface area contributed by atoms with E-state index >= 15 is 0 Å². The Morgan fingerprint density at radius 2 is 1.69 bits per heavy atom. The molecule has 0 amide bonds. The number of para-hydroxylation sites is 1. The van der Waals surface area contributed by atoms with E-state index in [9.17, 15) is 0 Å². The highest BCUT2D eigenvalue weighted by molar-refractivity contribution is 5.90. The van der Waals surface area contributed by atoms with Gasteiger partial charge in [-0.05, 0) is 61.7 Å². The molecule has 4 rings (SSSR count). The molecule has 29 heavy (non-hydrogen) atoms. The molecule has 5 heteroatoms. The van der Waals surface area contributed by atoms with Crippen LogP contribution < -0.4 is 15.4 Å². The molecule has 0 saturated heterocycles. The molecule has 0 unspecified atom stereocenters. The monoisotopic (exact) mass is 386 g/mol. The number of anilines is 3. The highest BCUT2D eigenvalue weighted by Gasteiger charge is 2.10. The van der Waals surface area contributed by atoms with Crippen molar-refractivity contribution >= 4 is 28.4 Å². The molecule has 0 spiro atoms. The van der Waals surface area contributed by atoms with Crippen molar-refractivity contribution in [2.45, 2.75) is 27.3 Å². The second kappa shape index (κ2) is 7.87. The summed E-state index contributed by atoms with van der Waals surface area (Å²) in [6.07, 6.45) is 0. The second-order valence-corrected chi connectivity index (χ2v) is 7.39. The van der Waals surface area contributed by atoms with Crippen LogP contribution >= 0.6 is 0 Å². The SMILES string of the molecule is COc1ccc(CNc2cccc3[nH]c(Nc4c(C)cc(C)cc4C)nc23)cc1. The Hall–Kier alpha value is -3.47. The van der Waals surface area contributed by atoms with Gasteiger partial charge in [-0.25, -0.2) is 4.98 Å². The smallest absolute Gasteiger partial charge is 0.205 e. The van der Waals surface area contributed by atoms with Crippen molar-refractivity contribution < 1.29 is 4.74 Å². The van der Waals surface area contributed by atoms with Crippen LogP contribution in [0.1, 0.15) is 22.3 Å². The molecule has 3 aromatic carbocycles. The molecule has 3 N–H and O–H groups in total. The van der Waals surface area contributed by atoms with Crippen LogP contribution in [0.4, 0.5) is 17.3 Å². The van der Waals surface area contributed by atoms with Gasteiger partial charge >= 0.3 is 0 Å². The Morgan fingerprint density at radius 1 is 0.966 bits per heavy atom. The van der Waals surface area contributed by atoms with Gasteiger partial charge in [-0.3, -0.25) is 0 Å². The van der Waals surface area contributed by atoms with Gasteiger partial charge in [0.2, 0.25) is 5.95 Å². The van der Waals surface area contributed by atoms with Gasteiger partial charge in [0.1, 0.15) is 11.3 Å². The summed E-state index contributed by atoms with van der Waals surface area (Å²) in [5, 5.41) is 6.96. The second-order valence-electron chi connectivity index (χ2n) is 7.39. The van der Waals surface area contributed by atoms with E-state index in [-0.39, 0.29) is 0 Å². The number of nitrogens with one attached hydrogen (secondary N) is 3. The molecular formula is C24H26N4O. The predicted molar refractivity (Wildman–Crippen MR) is 120 cm³/mol. The number of benzene rings is 3. The first kappa shape index (κ1) is 18.9.